The molecular weight excluding hydrogens is 198 g/mol. The van der Waals surface area contributed by atoms with E-state index in [1.807, 2.05) is 18.7 Å². The van der Waals surface area contributed by atoms with E-state index in [-0.39, 0.29) is 11.8 Å². The molecule has 4 nitrogen and oxygen atoms in total. The van der Waals surface area contributed by atoms with E-state index in [1.54, 1.807) is 0 Å². The fourth-order valence-electron chi connectivity index (χ4n) is 0.935. The van der Waals surface area contributed by atoms with Gasteiger partial charge in [0.05, 0.1) is 0 Å². The Kier molecular flexibility index (Phi) is 7.70. The average Bonchev–Trinajstić information content (AvgIpc) is 2.21. The van der Waals surface area contributed by atoms with E-state index in [0.717, 1.165) is 18.1 Å². The standard InChI is InChI=1S/C9H21N3OS/c1-4-14-6-8(3)11-5-7(2)9(10)12-13/h7-8,11,13H,4-6H2,1-3H3,(H2,10,12). The van der Waals surface area contributed by atoms with Gasteiger partial charge in [0.25, 0.3) is 0 Å². The summed E-state index contributed by atoms with van der Waals surface area (Å²) in [6.07, 6.45) is 0. The monoisotopic (exact) mass is 219 g/mol. The van der Waals surface area contributed by atoms with Crippen molar-refractivity contribution in [2.75, 3.05) is 18.1 Å². The molecule has 0 aliphatic carbocycles. The number of nitrogens with two attached hydrogens (primary N) is 1. The van der Waals surface area contributed by atoms with Gasteiger partial charge in [-0.15, -0.1) is 0 Å². The Hall–Kier alpha value is -0.420. The summed E-state index contributed by atoms with van der Waals surface area (Å²) < 4.78 is 0. The van der Waals surface area contributed by atoms with Gasteiger partial charge < -0.3 is 16.3 Å². The van der Waals surface area contributed by atoms with Crippen molar-refractivity contribution in [3.8, 4) is 0 Å². The number of nitrogens with zero attached hydrogens (tertiary/aromatic N) is 1. The summed E-state index contributed by atoms with van der Waals surface area (Å²) in [5.74, 6) is 2.60. The molecule has 5 heteroatoms. The molecule has 0 aromatic heterocycles. The predicted octanol–water partition coefficient (Wildman–Crippen LogP) is 1.10. The summed E-state index contributed by atoms with van der Waals surface area (Å²) in [6, 6.07) is 0.467. The number of hydrogen-bond acceptors (Lipinski definition) is 4. The molecule has 2 atom stereocenters. The lowest BCUT2D eigenvalue weighted by molar-refractivity contribution is 0.314. The number of amidine groups is 1. The Morgan fingerprint density at radius 3 is 2.71 bits per heavy atom. The van der Waals surface area contributed by atoms with Gasteiger partial charge in [-0.05, 0) is 12.7 Å². The second kappa shape index (κ2) is 7.94. The topological polar surface area (TPSA) is 70.6 Å². The highest BCUT2D eigenvalue weighted by molar-refractivity contribution is 7.99. The summed E-state index contributed by atoms with van der Waals surface area (Å²) in [7, 11) is 0. The van der Waals surface area contributed by atoms with Crippen LogP contribution in [-0.4, -0.2) is 35.1 Å². The van der Waals surface area contributed by atoms with E-state index in [9.17, 15) is 0 Å². The van der Waals surface area contributed by atoms with Crippen molar-refractivity contribution in [1.29, 1.82) is 0 Å². The summed E-state index contributed by atoms with van der Waals surface area (Å²) >= 11 is 1.91. The maximum absolute atomic E-state index is 8.44. The van der Waals surface area contributed by atoms with Crippen LogP contribution >= 0.6 is 11.8 Å². The van der Waals surface area contributed by atoms with E-state index in [2.05, 4.69) is 24.3 Å². The zero-order valence-electron chi connectivity index (χ0n) is 9.16. The summed E-state index contributed by atoms with van der Waals surface area (Å²) in [5, 5.41) is 14.8. The fraction of sp³-hybridized carbons (Fsp3) is 0.889. The number of hydrogen-bond donors (Lipinski definition) is 3. The molecule has 0 heterocycles. The molecule has 0 aromatic rings. The second-order valence-corrected chi connectivity index (χ2v) is 4.71. The van der Waals surface area contributed by atoms with Crippen LogP contribution in [0.2, 0.25) is 0 Å². The molecule has 0 aliphatic rings. The van der Waals surface area contributed by atoms with Crippen LogP contribution in [0.25, 0.3) is 0 Å². The lowest BCUT2D eigenvalue weighted by Crippen LogP contribution is -2.37. The lowest BCUT2D eigenvalue weighted by Gasteiger charge is -2.16. The van der Waals surface area contributed by atoms with E-state index >= 15 is 0 Å². The van der Waals surface area contributed by atoms with Crippen LogP contribution in [0.15, 0.2) is 5.16 Å². The Labute approximate surface area is 90.3 Å². The molecule has 0 saturated heterocycles. The molecule has 0 spiro atoms. The molecule has 14 heavy (non-hydrogen) atoms. The van der Waals surface area contributed by atoms with Crippen molar-refractivity contribution < 1.29 is 5.21 Å². The zero-order chi connectivity index (χ0) is 11.0. The van der Waals surface area contributed by atoms with Crippen molar-refractivity contribution in [1.82, 2.24) is 5.32 Å². The molecule has 0 radical (unpaired) electrons. The summed E-state index contributed by atoms with van der Waals surface area (Å²) in [6.45, 7) is 6.97. The molecule has 0 saturated carbocycles. The number of oxime groups is 1. The first kappa shape index (κ1) is 13.6. The number of nitrogens with one attached hydrogen (secondary N) is 1. The van der Waals surface area contributed by atoms with Crippen LogP contribution < -0.4 is 11.1 Å². The van der Waals surface area contributed by atoms with Crippen LogP contribution in [0.4, 0.5) is 0 Å². The van der Waals surface area contributed by atoms with Crippen LogP contribution in [-0.2, 0) is 0 Å². The van der Waals surface area contributed by atoms with Crippen LogP contribution in [0, 0.1) is 5.92 Å². The van der Waals surface area contributed by atoms with Crippen LogP contribution in [0.3, 0.4) is 0 Å². The molecule has 4 N–H and O–H groups in total. The van der Waals surface area contributed by atoms with E-state index in [4.69, 9.17) is 10.9 Å². The minimum absolute atomic E-state index is 0.0778. The molecule has 0 aliphatic heterocycles. The first-order valence-corrected chi connectivity index (χ1v) is 6.05. The van der Waals surface area contributed by atoms with Gasteiger partial charge >= 0.3 is 0 Å². The predicted molar refractivity (Wildman–Crippen MR) is 63.0 cm³/mol. The molecular formula is C9H21N3OS. The first-order valence-electron chi connectivity index (χ1n) is 4.90. The third-order valence-electron chi connectivity index (χ3n) is 1.96. The third-order valence-corrected chi connectivity index (χ3v) is 3.11. The highest BCUT2D eigenvalue weighted by atomic mass is 32.2. The molecule has 2 unspecified atom stereocenters. The van der Waals surface area contributed by atoms with Gasteiger partial charge in [0.15, 0.2) is 0 Å². The molecule has 0 rings (SSSR count). The highest BCUT2D eigenvalue weighted by Gasteiger charge is 2.08. The van der Waals surface area contributed by atoms with Gasteiger partial charge in [-0.3, -0.25) is 0 Å². The number of rotatable bonds is 7. The van der Waals surface area contributed by atoms with Crippen molar-refractivity contribution in [3.63, 3.8) is 0 Å². The van der Waals surface area contributed by atoms with Crippen molar-refractivity contribution in [2.24, 2.45) is 16.8 Å². The minimum Gasteiger partial charge on any atom is -0.409 e. The lowest BCUT2D eigenvalue weighted by atomic mass is 10.1. The van der Waals surface area contributed by atoms with E-state index < -0.39 is 0 Å². The van der Waals surface area contributed by atoms with Gasteiger partial charge in [0.1, 0.15) is 5.84 Å². The van der Waals surface area contributed by atoms with Gasteiger partial charge in [-0.25, -0.2) is 0 Å². The van der Waals surface area contributed by atoms with Crippen molar-refractivity contribution >= 4 is 17.6 Å². The maximum atomic E-state index is 8.44. The van der Waals surface area contributed by atoms with Gasteiger partial charge in [-0.1, -0.05) is 19.0 Å². The smallest absolute Gasteiger partial charge is 0.143 e. The fourth-order valence-corrected chi connectivity index (χ4v) is 1.64. The molecule has 0 amide bonds. The third kappa shape index (κ3) is 6.10. The highest BCUT2D eigenvalue weighted by Crippen LogP contribution is 2.02. The van der Waals surface area contributed by atoms with E-state index in [0.29, 0.717) is 6.04 Å². The zero-order valence-corrected chi connectivity index (χ0v) is 9.97. The minimum atomic E-state index is 0.0778. The van der Waals surface area contributed by atoms with Crippen molar-refractivity contribution in [3.05, 3.63) is 0 Å². The molecule has 0 bridgehead atoms. The summed E-state index contributed by atoms with van der Waals surface area (Å²) in [4.78, 5) is 0. The van der Waals surface area contributed by atoms with Crippen molar-refractivity contribution in [2.45, 2.75) is 26.8 Å². The number of thioether (sulfide) groups is 1. The second-order valence-electron chi connectivity index (χ2n) is 3.39. The molecule has 0 aromatic carbocycles. The van der Waals surface area contributed by atoms with E-state index in [1.165, 1.54) is 0 Å². The van der Waals surface area contributed by atoms with Crippen LogP contribution in [0.5, 0.6) is 0 Å². The van der Waals surface area contributed by atoms with Gasteiger partial charge in [0, 0.05) is 24.3 Å². The normalized spacial score (nSPS) is 16.6. The average molecular weight is 219 g/mol. The Bertz CT molecular complexity index is 175. The first-order chi connectivity index (χ1) is 6.61. The van der Waals surface area contributed by atoms with Gasteiger partial charge in [0.2, 0.25) is 0 Å². The maximum Gasteiger partial charge on any atom is 0.143 e. The van der Waals surface area contributed by atoms with Gasteiger partial charge in [-0.2, -0.15) is 11.8 Å². The molecule has 0 fully saturated rings. The quantitative estimate of drug-likeness (QED) is 0.259. The Morgan fingerprint density at radius 2 is 2.21 bits per heavy atom. The summed E-state index contributed by atoms with van der Waals surface area (Å²) in [5.41, 5.74) is 5.46. The largest absolute Gasteiger partial charge is 0.409 e. The Morgan fingerprint density at radius 1 is 1.57 bits per heavy atom. The van der Waals surface area contributed by atoms with Crippen LogP contribution in [0.1, 0.15) is 20.8 Å². The molecule has 84 valence electrons. The SMILES string of the molecule is CCSCC(C)NCC(C)C(N)=NO. The Balaban J connectivity index is 3.60.